The number of aryl methyl sites for hydroxylation is 1. The van der Waals surface area contributed by atoms with Crippen LogP contribution in [0.15, 0.2) is 42.5 Å². The summed E-state index contributed by atoms with van der Waals surface area (Å²) in [5.41, 5.74) is 1.74. The van der Waals surface area contributed by atoms with E-state index in [-0.39, 0.29) is 23.5 Å². The maximum absolute atomic E-state index is 13.6. The highest BCUT2D eigenvalue weighted by molar-refractivity contribution is 5.94. The quantitative estimate of drug-likeness (QED) is 0.935. The van der Waals surface area contributed by atoms with E-state index in [4.69, 9.17) is 0 Å². The average Bonchev–Trinajstić information content (AvgIpc) is 2.48. The number of aromatic hydroxyl groups is 1. The van der Waals surface area contributed by atoms with Crippen LogP contribution in [-0.2, 0) is 0 Å². The molecule has 1 N–H and O–H groups in total. The number of carbonyl (C=O) groups excluding carboxylic acids is 1. The van der Waals surface area contributed by atoms with Crippen LogP contribution in [0.1, 0.15) is 34.5 Å². The number of hydrogen-bond acceptors (Lipinski definition) is 2. The van der Waals surface area contributed by atoms with Crippen LogP contribution < -0.4 is 0 Å². The summed E-state index contributed by atoms with van der Waals surface area (Å²) in [4.78, 5) is 14.0. The maximum atomic E-state index is 13.6. The largest absolute Gasteiger partial charge is 0.508 e. The molecule has 0 saturated carbocycles. The van der Waals surface area contributed by atoms with Crippen LogP contribution in [0, 0.1) is 12.7 Å². The van der Waals surface area contributed by atoms with Crippen LogP contribution in [0.4, 0.5) is 4.39 Å². The monoisotopic (exact) mass is 287 g/mol. The van der Waals surface area contributed by atoms with Gasteiger partial charge in [0.05, 0.1) is 6.04 Å². The smallest absolute Gasteiger partial charge is 0.254 e. The number of phenols is 1. The van der Waals surface area contributed by atoms with Gasteiger partial charge in [0, 0.05) is 12.6 Å². The van der Waals surface area contributed by atoms with Gasteiger partial charge in [0.1, 0.15) is 11.6 Å². The second-order valence-corrected chi connectivity index (χ2v) is 5.15. The lowest BCUT2D eigenvalue weighted by molar-refractivity contribution is 0.0742. The van der Waals surface area contributed by atoms with E-state index in [0.29, 0.717) is 11.1 Å². The Kier molecular flexibility index (Phi) is 4.26. The van der Waals surface area contributed by atoms with E-state index in [0.717, 1.165) is 5.56 Å². The molecule has 1 atom stereocenters. The summed E-state index contributed by atoms with van der Waals surface area (Å²) in [7, 11) is 1.68. The van der Waals surface area contributed by atoms with E-state index >= 15 is 0 Å². The van der Waals surface area contributed by atoms with Crippen LogP contribution >= 0.6 is 0 Å². The van der Waals surface area contributed by atoms with Gasteiger partial charge < -0.3 is 10.0 Å². The van der Waals surface area contributed by atoms with Crippen molar-refractivity contribution in [2.24, 2.45) is 0 Å². The van der Waals surface area contributed by atoms with E-state index in [2.05, 4.69) is 0 Å². The summed E-state index contributed by atoms with van der Waals surface area (Å²) in [6.07, 6.45) is 0. The highest BCUT2D eigenvalue weighted by Gasteiger charge is 2.19. The highest BCUT2D eigenvalue weighted by atomic mass is 19.1. The number of phenolic OH excluding ortho intramolecular Hbond substituents is 1. The van der Waals surface area contributed by atoms with Crippen molar-refractivity contribution in [2.75, 3.05) is 7.05 Å². The van der Waals surface area contributed by atoms with Crippen LogP contribution in [-0.4, -0.2) is 23.0 Å². The molecule has 2 aromatic carbocycles. The SMILES string of the molecule is Cc1ccc(C(=O)N(C)C(C)c2ccc(O)cc2)cc1F. The summed E-state index contributed by atoms with van der Waals surface area (Å²) in [5, 5.41) is 9.30. The Hall–Kier alpha value is -2.36. The van der Waals surface area contributed by atoms with Gasteiger partial charge in [0.25, 0.3) is 5.91 Å². The number of benzene rings is 2. The van der Waals surface area contributed by atoms with Crippen LogP contribution in [0.3, 0.4) is 0 Å². The molecule has 1 unspecified atom stereocenters. The Morgan fingerprint density at radius 1 is 1.19 bits per heavy atom. The first kappa shape index (κ1) is 15.0. The number of carbonyl (C=O) groups is 1. The molecule has 4 heteroatoms. The van der Waals surface area contributed by atoms with E-state index in [1.54, 1.807) is 55.3 Å². The van der Waals surface area contributed by atoms with Crippen molar-refractivity contribution in [2.45, 2.75) is 19.9 Å². The van der Waals surface area contributed by atoms with Gasteiger partial charge in [0.2, 0.25) is 0 Å². The molecule has 21 heavy (non-hydrogen) atoms. The fourth-order valence-corrected chi connectivity index (χ4v) is 2.08. The predicted octanol–water partition coefficient (Wildman–Crippen LogP) is 3.67. The van der Waals surface area contributed by atoms with Crippen molar-refractivity contribution in [1.82, 2.24) is 4.90 Å². The lowest BCUT2D eigenvalue weighted by Crippen LogP contribution is -2.29. The molecular weight excluding hydrogens is 269 g/mol. The Labute approximate surface area is 123 Å². The molecule has 0 aliphatic rings. The topological polar surface area (TPSA) is 40.5 Å². The second-order valence-electron chi connectivity index (χ2n) is 5.15. The molecule has 0 aliphatic heterocycles. The maximum Gasteiger partial charge on any atom is 0.254 e. The van der Waals surface area contributed by atoms with Gasteiger partial charge in [-0.3, -0.25) is 4.79 Å². The number of nitrogens with zero attached hydrogens (tertiary/aromatic N) is 1. The standard InChI is InChI=1S/C17H18FNO2/c1-11-4-5-14(10-16(11)18)17(21)19(3)12(2)13-6-8-15(20)9-7-13/h4-10,12,20H,1-3H3. The second kappa shape index (κ2) is 5.95. The van der Waals surface area contributed by atoms with Gasteiger partial charge in [-0.1, -0.05) is 18.2 Å². The summed E-state index contributed by atoms with van der Waals surface area (Å²) in [6.45, 7) is 3.54. The molecule has 0 radical (unpaired) electrons. The molecule has 110 valence electrons. The van der Waals surface area contributed by atoms with Crippen LogP contribution in [0.5, 0.6) is 5.75 Å². The van der Waals surface area contributed by atoms with Gasteiger partial charge in [-0.2, -0.15) is 0 Å². The zero-order valence-corrected chi connectivity index (χ0v) is 12.3. The Balaban J connectivity index is 2.21. The van der Waals surface area contributed by atoms with E-state index < -0.39 is 0 Å². The van der Waals surface area contributed by atoms with E-state index in [1.807, 2.05) is 6.92 Å². The first-order chi connectivity index (χ1) is 9.90. The molecule has 2 aromatic rings. The molecule has 0 heterocycles. The molecule has 0 bridgehead atoms. The molecule has 0 aromatic heterocycles. The van der Waals surface area contributed by atoms with E-state index in [1.165, 1.54) is 6.07 Å². The third-order valence-electron chi connectivity index (χ3n) is 3.70. The van der Waals surface area contributed by atoms with Crippen molar-refractivity contribution in [3.8, 4) is 5.75 Å². The molecule has 3 nitrogen and oxygen atoms in total. The molecular formula is C17H18FNO2. The molecule has 0 fully saturated rings. The van der Waals surface area contributed by atoms with Crippen LogP contribution in [0.2, 0.25) is 0 Å². The first-order valence-electron chi connectivity index (χ1n) is 6.72. The molecule has 0 aliphatic carbocycles. The van der Waals surface area contributed by atoms with E-state index in [9.17, 15) is 14.3 Å². The fourth-order valence-electron chi connectivity index (χ4n) is 2.08. The number of hydrogen-bond donors (Lipinski definition) is 1. The van der Waals surface area contributed by atoms with Crippen molar-refractivity contribution in [3.05, 3.63) is 65.0 Å². The van der Waals surface area contributed by atoms with Crippen molar-refractivity contribution >= 4 is 5.91 Å². The minimum atomic E-state index is -0.383. The van der Waals surface area contributed by atoms with Crippen molar-refractivity contribution < 1.29 is 14.3 Å². The zero-order valence-electron chi connectivity index (χ0n) is 12.3. The summed E-state index contributed by atoms with van der Waals surface area (Å²) >= 11 is 0. The number of halogens is 1. The van der Waals surface area contributed by atoms with Gasteiger partial charge in [-0.05, 0) is 49.2 Å². The van der Waals surface area contributed by atoms with Crippen molar-refractivity contribution in [3.63, 3.8) is 0 Å². The lowest BCUT2D eigenvalue weighted by Gasteiger charge is -2.25. The number of rotatable bonds is 3. The molecule has 1 amide bonds. The Bertz CT molecular complexity index is 652. The highest BCUT2D eigenvalue weighted by Crippen LogP contribution is 2.23. The number of amides is 1. The summed E-state index contributed by atoms with van der Waals surface area (Å²) in [6, 6.07) is 11.0. The summed E-state index contributed by atoms with van der Waals surface area (Å²) in [5.74, 6) is -0.443. The predicted molar refractivity (Wildman–Crippen MR) is 79.8 cm³/mol. The van der Waals surface area contributed by atoms with Gasteiger partial charge >= 0.3 is 0 Å². The first-order valence-corrected chi connectivity index (χ1v) is 6.72. The van der Waals surface area contributed by atoms with Gasteiger partial charge in [0.15, 0.2) is 0 Å². The minimum Gasteiger partial charge on any atom is -0.508 e. The Morgan fingerprint density at radius 2 is 1.81 bits per heavy atom. The van der Waals surface area contributed by atoms with Gasteiger partial charge in [-0.15, -0.1) is 0 Å². The minimum absolute atomic E-state index is 0.178. The molecule has 2 rings (SSSR count). The Morgan fingerprint density at radius 3 is 2.38 bits per heavy atom. The van der Waals surface area contributed by atoms with Crippen LogP contribution in [0.25, 0.3) is 0 Å². The zero-order chi connectivity index (χ0) is 15.6. The normalized spacial score (nSPS) is 12.0. The third-order valence-corrected chi connectivity index (χ3v) is 3.70. The van der Waals surface area contributed by atoms with Gasteiger partial charge in [-0.25, -0.2) is 4.39 Å². The fraction of sp³-hybridized carbons (Fsp3) is 0.235. The molecule has 0 saturated heterocycles. The van der Waals surface area contributed by atoms with Crippen molar-refractivity contribution in [1.29, 1.82) is 0 Å². The average molecular weight is 287 g/mol. The molecule has 0 spiro atoms. The lowest BCUT2D eigenvalue weighted by atomic mass is 10.1. The third kappa shape index (κ3) is 3.21. The summed E-state index contributed by atoms with van der Waals surface area (Å²) < 4.78 is 13.6.